The highest BCUT2D eigenvalue weighted by atomic mass is 16.5. The van der Waals surface area contributed by atoms with Gasteiger partial charge in [-0.15, -0.1) is 0 Å². The average molecular weight is 447 g/mol. The molecule has 0 aliphatic carbocycles. The van der Waals surface area contributed by atoms with Crippen LogP contribution in [0.5, 0.6) is 17.2 Å². The van der Waals surface area contributed by atoms with E-state index < -0.39 is 0 Å². The first-order chi connectivity index (χ1) is 16.7. The highest BCUT2D eigenvalue weighted by molar-refractivity contribution is 5.57. The van der Waals surface area contributed by atoms with Gasteiger partial charge in [-0.1, -0.05) is 29.7 Å². The molecule has 0 spiro atoms. The van der Waals surface area contributed by atoms with Gasteiger partial charge in [0, 0.05) is 34.6 Å². The van der Waals surface area contributed by atoms with Gasteiger partial charge in [-0.2, -0.15) is 0 Å². The average Bonchev–Trinajstić information content (AvgIpc) is 2.91. The Morgan fingerprint density at radius 3 is 1.62 bits per heavy atom. The summed E-state index contributed by atoms with van der Waals surface area (Å²) in [6, 6.07) is 20.9. The largest absolute Gasteiger partial charge is 0.497 e. The van der Waals surface area contributed by atoms with Crippen molar-refractivity contribution in [3.63, 3.8) is 0 Å². The number of methoxy groups -OCH3 is 3. The summed E-state index contributed by atoms with van der Waals surface area (Å²) >= 11 is 0. The van der Waals surface area contributed by atoms with Gasteiger partial charge in [-0.25, -0.2) is 0 Å². The molecule has 0 N–H and O–H groups in total. The van der Waals surface area contributed by atoms with Crippen molar-refractivity contribution < 1.29 is 14.2 Å². The lowest BCUT2D eigenvalue weighted by Gasteiger charge is -2.06. The topological polar surface area (TPSA) is 53.5 Å². The minimum absolute atomic E-state index is 0.644. The highest BCUT2D eigenvalue weighted by Crippen LogP contribution is 2.27. The van der Waals surface area contributed by atoms with Crippen LogP contribution in [0.15, 0.2) is 79.1 Å². The molecule has 0 aliphatic rings. The number of hydrogen-bond donors (Lipinski definition) is 0. The lowest BCUT2D eigenvalue weighted by atomic mass is 10.1. The summed E-state index contributed by atoms with van der Waals surface area (Å²) in [5.41, 5.74) is 4.88. The zero-order valence-electron chi connectivity index (χ0n) is 19.1. The summed E-state index contributed by atoms with van der Waals surface area (Å²) in [6.45, 7) is 0. The van der Waals surface area contributed by atoms with Crippen LogP contribution in [0.4, 0.5) is 0 Å². The SMILES string of the molecule is COc1cccc(C#Cc2ccc(-c3ccc(C#Cc4ccc(OC)c(OC)c4)cn3)nc2)c1. The first-order valence-corrected chi connectivity index (χ1v) is 10.5. The van der Waals surface area contributed by atoms with E-state index in [1.165, 1.54) is 0 Å². The van der Waals surface area contributed by atoms with Crippen molar-refractivity contribution in [2.45, 2.75) is 0 Å². The van der Waals surface area contributed by atoms with Crippen molar-refractivity contribution in [3.05, 3.63) is 101 Å². The van der Waals surface area contributed by atoms with Gasteiger partial charge >= 0.3 is 0 Å². The summed E-state index contributed by atoms with van der Waals surface area (Å²) in [6.07, 6.45) is 3.48. The van der Waals surface area contributed by atoms with E-state index in [4.69, 9.17) is 14.2 Å². The fourth-order valence-electron chi connectivity index (χ4n) is 3.14. The number of benzene rings is 2. The maximum atomic E-state index is 5.32. The Balaban J connectivity index is 1.46. The van der Waals surface area contributed by atoms with Crippen molar-refractivity contribution in [2.24, 2.45) is 0 Å². The predicted molar refractivity (Wildman–Crippen MR) is 132 cm³/mol. The van der Waals surface area contributed by atoms with Crippen molar-refractivity contribution in [3.8, 4) is 52.3 Å². The first-order valence-electron chi connectivity index (χ1n) is 10.5. The van der Waals surface area contributed by atoms with E-state index in [1.807, 2.05) is 66.7 Å². The first kappa shape index (κ1) is 22.5. The lowest BCUT2D eigenvalue weighted by Crippen LogP contribution is -1.91. The monoisotopic (exact) mass is 446 g/mol. The van der Waals surface area contributed by atoms with E-state index in [-0.39, 0.29) is 0 Å². The molecule has 2 aromatic carbocycles. The van der Waals surface area contributed by atoms with Crippen LogP contribution in [0.1, 0.15) is 22.3 Å². The van der Waals surface area contributed by atoms with E-state index in [0.717, 1.165) is 39.4 Å². The van der Waals surface area contributed by atoms with E-state index in [2.05, 4.69) is 33.6 Å². The second-order valence-corrected chi connectivity index (χ2v) is 7.17. The Kier molecular flexibility index (Phi) is 7.08. The smallest absolute Gasteiger partial charge is 0.161 e. The van der Waals surface area contributed by atoms with Crippen LogP contribution in [-0.2, 0) is 0 Å². The lowest BCUT2D eigenvalue weighted by molar-refractivity contribution is 0.355. The maximum Gasteiger partial charge on any atom is 0.161 e. The standard InChI is InChI=1S/C29H22N2O3/c1-32-25-6-4-5-21(17-25)7-9-23-11-14-26(30-19-23)27-15-12-24(20-31-27)10-8-22-13-16-28(33-2)29(18-22)34-3/h4-6,11-20H,1-3H3. The number of pyridine rings is 2. The van der Waals surface area contributed by atoms with Crippen LogP contribution in [0.25, 0.3) is 11.4 Å². The minimum Gasteiger partial charge on any atom is -0.497 e. The molecule has 0 bridgehead atoms. The Labute approximate surface area is 199 Å². The molecule has 0 fully saturated rings. The molecular formula is C29H22N2O3. The van der Waals surface area contributed by atoms with E-state index in [0.29, 0.717) is 11.5 Å². The third kappa shape index (κ3) is 5.54. The molecule has 0 saturated carbocycles. The Bertz CT molecular complexity index is 1400. The highest BCUT2D eigenvalue weighted by Gasteiger charge is 2.03. The fraction of sp³-hybridized carbons (Fsp3) is 0.103. The molecule has 4 aromatic rings. The van der Waals surface area contributed by atoms with Crippen molar-refractivity contribution >= 4 is 0 Å². The summed E-state index contributed by atoms with van der Waals surface area (Å²) < 4.78 is 15.8. The number of hydrogen-bond acceptors (Lipinski definition) is 5. The number of ether oxygens (including phenoxy) is 3. The Morgan fingerprint density at radius 1 is 0.529 bits per heavy atom. The van der Waals surface area contributed by atoms with Gasteiger partial charge in [0.25, 0.3) is 0 Å². The van der Waals surface area contributed by atoms with Crippen LogP contribution >= 0.6 is 0 Å². The summed E-state index contributed by atoms with van der Waals surface area (Å²) in [7, 11) is 4.85. The molecular weight excluding hydrogens is 424 g/mol. The van der Waals surface area contributed by atoms with Gasteiger partial charge < -0.3 is 14.2 Å². The molecule has 0 unspecified atom stereocenters. The molecule has 0 saturated heterocycles. The van der Waals surface area contributed by atoms with E-state index in [9.17, 15) is 0 Å². The van der Waals surface area contributed by atoms with Gasteiger partial charge in [-0.05, 0) is 60.7 Å². The van der Waals surface area contributed by atoms with Crippen molar-refractivity contribution in [2.75, 3.05) is 21.3 Å². The van der Waals surface area contributed by atoms with Gasteiger partial charge in [-0.3, -0.25) is 9.97 Å². The van der Waals surface area contributed by atoms with E-state index in [1.54, 1.807) is 33.7 Å². The van der Waals surface area contributed by atoms with Crippen LogP contribution in [0.3, 0.4) is 0 Å². The molecule has 5 heteroatoms. The molecule has 2 heterocycles. The molecule has 166 valence electrons. The molecule has 0 amide bonds. The van der Waals surface area contributed by atoms with Gasteiger partial charge in [0.1, 0.15) is 5.75 Å². The Morgan fingerprint density at radius 2 is 1.09 bits per heavy atom. The van der Waals surface area contributed by atoms with Crippen molar-refractivity contribution in [1.82, 2.24) is 9.97 Å². The second kappa shape index (κ2) is 10.7. The van der Waals surface area contributed by atoms with E-state index >= 15 is 0 Å². The molecule has 34 heavy (non-hydrogen) atoms. The molecule has 0 radical (unpaired) electrons. The normalized spacial score (nSPS) is 9.74. The van der Waals surface area contributed by atoms with Gasteiger partial charge in [0.05, 0.1) is 32.7 Å². The van der Waals surface area contributed by atoms with Gasteiger partial charge in [0.2, 0.25) is 0 Å². The van der Waals surface area contributed by atoms with Crippen LogP contribution in [0, 0.1) is 23.7 Å². The summed E-state index contributed by atoms with van der Waals surface area (Å²) in [5.74, 6) is 14.6. The van der Waals surface area contributed by atoms with Crippen LogP contribution in [0.2, 0.25) is 0 Å². The zero-order valence-corrected chi connectivity index (χ0v) is 19.1. The number of nitrogens with zero attached hydrogens (tertiary/aromatic N) is 2. The molecule has 0 aliphatic heterocycles. The Hall–Kier alpha value is -4.74. The van der Waals surface area contributed by atoms with Crippen LogP contribution < -0.4 is 14.2 Å². The molecule has 5 nitrogen and oxygen atoms in total. The van der Waals surface area contributed by atoms with Gasteiger partial charge in [0.15, 0.2) is 11.5 Å². The molecule has 0 atom stereocenters. The number of aromatic nitrogens is 2. The quantitative estimate of drug-likeness (QED) is 0.415. The third-order valence-corrected chi connectivity index (χ3v) is 4.95. The second-order valence-electron chi connectivity index (χ2n) is 7.17. The third-order valence-electron chi connectivity index (χ3n) is 4.95. The van der Waals surface area contributed by atoms with Crippen molar-refractivity contribution in [1.29, 1.82) is 0 Å². The number of rotatable bonds is 4. The molecule has 2 aromatic heterocycles. The summed E-state index contributed by atoms with van der Waals surface area (Å²) in [5, 5.41) is 0. The maximum absolute atomic E-state index is 5.32. The van der Waals surface area contributed by atoms with Crippen LogP contribution in [-0.4, -0.2) is 31.3 Å². The predicted octanol–water partition coefficient (Wildman–Crippen LogP) is 4.97. The zero-order chi connectivity index (χ0) is 23.8. The molecule has 4 rings (SSSR count). The summed E-state index contributed by atoms with van der Waals surface area (Å²) in [4.78, 5) is 9.01. The fourth-order valence-corrected chi connectivity index (χ4v) is 3.14. The minimum atomic E-state index is 0.644.